The Morgan fingerprint density at radius 1 is 0.875 bits per heavy atom. The molecule has 1 atom stereocenters. The number of nitrogens with zero attached hydrogens (tertiary/aromatic N) is 1. The van der Waals surface area contributed by atoms with Crippen LogP contribution in [-0.2, 0) is 19.1 Å². The zero-order chi connectivity index (χ0) is 28.1. The molecule has 1 fully saturated rings. The zero-order valence-electron chi connectivity index (χ0n) is 21.1. The van der Waals surface area contributed by atoms with E-state index in [4.69, 9.17) is 21.1 Å². The molecule has 4 aromatic rings. The average Bonchev–Trinajstić information content (AvgIpc) is 3.37. The first kappa shape index (κ1) is 26.7. The van der Waals surface area contributed by atoms with E-state index in [9.17, 15) is 19.2 Å². The summed E-state index contributed by atoms with van der Waals surface area (Å²) in [6.45, 7) is -0.501. The molecule has 1 aliphatic rings. The van der Waals surface area contributed by atoms with Gasteiger partial charge in [-0.2, -0.15) is 0 Å². The highest BCUT2D eigenvalue weighted by Gasteiger charge is 2.36. The number of carbonyl (C=O) groups excluding carboxylic acids is 4. The van der Waals surface area contributed by atoms with Crippen LogP contribution in [0.4, 0.5) is 5.69 Å². The summed E-state index contributed by atoms with van der Waals surface area (Å²) in [5, 5.41) is 2.28. The molecule has 40 heavy (non-hydrogen) atoms. The number of halogens is 1. The number of carbonyl (C=O) groups is 4. The number of hydrogen-bond acceptors (Lipinski definition) is 6. The van der Waals surface area contributed by atoms with Crippen molar-refractivity contribution in [1.29, 1.82) is 0 Å². The lowest BCUT2D eigenvalue weighted by Gasteiger charge is -2.17. The number of anilines is 1. The topological polar surface area (TPSA) is 114 Å². The third-order valence-electron chi connectivity index (χ3n) is 6.36. The highest BCUT2D eigenvalue weighted by Crippen LogP contribution is 2.32. The van der Waals surface area contributed by atoms with Crippen LogP contribution in [-0.4, -0.2) is 36.8 Å². The minimum Gasteiger partial charge on any atom is -0.457 e. The molecule has 0 unspecified atom stereocenters. The van der Waals surface area contributed by atoms with Crippen LogP contribution in [0.5, 0.6) is 11.5 Å². The van der Waals surface area contributed by atoms with Crippen molar-refractivity contribution in [3.8, 4) is 11.5 Å². The van der Waals surface area contributed by atoms with Gasteiger partial charge in [-0.15, -0.1) is 0 Å². The number of rotatable bonds is 7. The van der Waals surface area contributed by atoms with E-state index in [0.29, 0.717) is 11.4 Å². The zero-order valence-corrected chi connectivity index (χ0v) is 21.9. The van der Waals surface area contributed by atoms with Crippen LogP contribution in [0.3, 0.4) is 0 Å². The van der Waals surface area contributed by atoms with E-state index >= 15 is 0 Å². The fraction of sp³-hybridized carbons (Fsp3) is 0.133. The first-order chi connectivity index (χ1) is 19.4. The smallest absolute Gasteiger partial charge is 0.311 e. The summed E-state index contributed by atoms with van der Waals surface area (Å²) in [7, 11) is 0. The van der Waals surface area contributed by atoms with Crippen LogP contribution in [0.15, 0.2) is 91.0 Å². The van der Waals surface area contributed by atoms with Crippen LogP contribution >= 0.6 is 11.6 Å². The van der Waals surface area contributed by atoms with Crippen molar-refractivity contribution in [2.24, 2.45) is 5.92 Å². The normalized spacial score (nSPS) is 14.6. The van der Waals surface area contributed by atoms with E-state index in [1.807, 2.05) is 42.5 Å². The van der Waals surface area contributed by atoms with Gasteiger partial charge in [0.05, 0.1) is 16.5 Å². The van der Waals surface area contributed by atoms with Crippen molar-refractivity contribution in [2.75, 3.05) is 18.1 Å². The SMILES string of the molecule is O=C(COC(=O)[C@@H]1CC(=O)N(c2ccc(Oc3cccc4ccccc34)cc2)C1)NNC(=O)c1ccccc1Cl. The monoisotopic (exact) mass is 557 g/mol. The number of hydrogen-bond donors (Lipinski definition) is 2. The molecule has 4 aromatic carbocycles. The molecule has 202 valence electrons. The van der Waals surface area contributed by atoms with Crippen LogP contribution in [0, 0.1) is 5.92 Å². The maximum Gasteiger partial charge on any atom is 0.311 e. The predicted molar refractivity (Wildman–Crippen MR) is 149 cm³/mol. The van der Waals surface area contributed by atoms with Crippen molar-refractivity contribution in [3.05, 3.63) is 102 Å². The molecular formula is C30H24ClN3O6. The molecule has 0 aromatic heterocycles. The van der Waals surface area contributed by atoms with Crippen molar-refractivity contribution in [2.45, 2.75) is 6.42 Å². The molecule has 10 heteroatoms. The van der Waals surface area contributed by atoms with Crippen molar-refractivity contribution < 1.29 is 28.7 Å². The summed E-state index contributed by atoms with van der Waals surface area (Å²) in [4.78, 5) is 50.8. The van der Waals surface area contributed by atoms with Gasteiger partial charge >= 0.3 is 5.97 Å². The van der Waals surface area contributed by atoms with E-state index in [0.717, 1.165) is 16.5 Å². The van der Waals surface area contributed by atoms with Gasteiger partial charge in [0, 0.05) is 24.0 Å². The Morgan fingerprint density at radius 3 is 2.40 bits per heavy atom. The summed E-state index contributed by atoms with van der Waals surface area (Å²) < 4.78 is 11.1. The van der Waals surface area contributed by atoms with Crippen LogP contribution in [0.25, 0.3) is 10.8 Å². The first-order valence-electron chi connectivity index (χ1n) is 12.5. The van der Waals surface area contributed by atoms with Gasteiger partial charge in [0.2, 0.25) is 5.91 Å². The Kier molecular flexibility index (Phi) is 7.93. The second-order valence-electron chi connectivity index (χ2n) is 9.07. The van der Waals surface area contributed by atoms with E-state index in [2.05, 4.69) is 10.9 Å². The summed E-state index contributed by atoms with van der Waals surface area (Å²) in [6, 6.07) is 27.1. The average molecular weight is 558 g/mol. The molecule has 0 bridgehead atoms. The van der Waals surface area contributed by atoms with Crippen LogP contribution in [0.1, 0.15) is 16.8 Å². The molecule has 2 N–H and O–H groups in total. The summed E-state index contributed by atoms with van der Waals surface area (Å²) in [6.07, 6.45) is -0.0437. The summed E-state index contributed by atoms with van der Waals surface area (Å²) >= 11 is 5.96. The lowest BCUT2D eigenvalue weighted by atomic mass is 10.1. The van der Waals surface area contributed by atoms with Gasteiger partial charge < -0.3 is 14.4 Å². The second kappa shape index (κ2) is 11.9. The van der Waals surface area contributed by atoms with Gasteiger partial charge in [0.25, 0.3) is 11.8 Å². The molecule has 0 aliphatic carbocycles. The molecule has 3 amide bonds. The molecule has 9 nitrogen and oxygen atoms in total. The summed E-state index contributed by atoms with van der Waals surface area (Å²) in [5.74, 6) is -1.67. The number of fused-ring (bicyclic) bond motifs is 1. The number of esters is 1. The molecule has 5 rings (SSSR count). The molecule has 0 spiro atoms. The van der Waals surface area contributed by atoms with Crippen molar-refractivity contribution >= 4 is 51.8 Å². The fourth-order valence-corrected chi connectivity index (χ4v) is 4.57. The van der Waals surface area contributed by atoms with Crippen molar-refractivity contribution in [3.63, 3.8) is 0 Å². The third-order valence-corrected chi connectivity index (χ3v) is 6.69. The quantitative estimate of drug-likeness (QED) is 0.253. The summed E-state index contributed by atoms with van der Waals surface area (Å²) in [5.41, 5.74) is 5.17. The Bertz CT molecular complexity index is 1580. The lowest BCUT2D eigenvalue weighted by molar-refractivity contribution is -0.152. The van der Waals surface area contributed by atoms with Crippen molar-refractivity contribution in [1.82, 2.24) is 10.9 Å². The Balaban J connectivity index is 1.12. The minimum absolute atomic E-state index is 0.0437. The largest absolute Gasteiger partial charge is 0.457 e. The van der Waals surface area contributed by atoms with Gasteiger partial charge in [-0.3, -0.25) is 30.0 Å². The van der Waals surface area contributed by atoms with Crippen LogP contribution in [0.2, 0.25) is 5.02 Å². The number of benzene rings is 4. The van der Waals surface area contributed by atoms with Gasteiger partial charge in [-0.05, 0) is 47.9 Å². The standard InChI is InChI=1S/C30H24ClN3O6/c31-25-10-4-3-9-24(25)29(37)33-32-27(35)18-39-30(38)20-16-28(36)34(17-20)21-12-14-22(15-13-21)40-26-11-5-7-19-6-1-2-8-23(19)26/h1-15,20H,16-18H2,(H,32,35)(H,33,37)/t20-/m1/s1. The lowest BCUT2D eigenvalue weighted by Crippen LogP contribution is -2.44. The molecular weight excluding hydrogens is 534 g/mol. The van der Waals surface area contributed by atoms with Crippen LogP contribution < -0.4 is 20.5 Å². The maximum absolute atomic E-state index is 12.6. The molecule has 0 radical (unpaired) electrons. The molecule has 1 saturated heterocycles. The number of amides is 3. The number of ether oxygens (including phenoxy) is 2. The highest BCUT2D eigenvalue weighted by molar-refractivity contribution is 6.33. The van der Waals surface area contributed by atoms with Gasteiger partial charge in [0.1, 0.15) is 11.5 Å². The van der Waals surface area contributed by atoms with Gasteiger partial charge in [0.15, 0.2) is 6.61 Å². The number of hydrazine groups is 1. The van der Waals surface area contributed by atoms with Gasteiger partial charge in [-0.25, -0.2) is 0 Å². The van der Waals surface area contributed by atoms with E-state index < -0.39 is 30.3 Å². The van der Waals surface area contributed by atoms with E-state index in [1.165, 1.54) is 11.0 Å². The predicted octanol–water partition coefficient (Wildman–Crippen LogP) is 4.64. The van der Waals surface area contributed by atoms with Gasteiger partial charge in [-0.1, -0.05) is 60.1 Å². The Morgan fingerprint density at radius 2 is 1.60 bits per heavy atom. The highest BCUT2D eigenvalue weighted by atomic mass is 35.5. The third kappa shape index (κ3) is 6.05. The minimum atomic E-state index is -0.739. The molecule has 1 heterocycles. The Labute approximate surface area is 234 Å². The fourth-order valence-electron chi connectivity index (χ4n) is 4.35. The molecule has 1 aliphatic heterocycles. The molecule has 0 saturated carbocycles. The van der Waals surface area contributed by atoms with E-state index in [1.54, 1.807) is 42.5 Å². The number of nitrogens with one attached hydrogen (secondary N) is 2. The Hall–Kier alpha value is -4.89. The second-order valence-corrected chi connectivity index (χ2v) is 9.48. The first-order valence-corrected chi connectivity index (χ1v) is 12.8. The maximum atomic E-state index is 12.6. The van der Waals surface area contributed by atoms with E-state index in [-0.39, 0.29) is 29.5 Å².